The molecule has 0 fully saturated rings. The average Bonchev–Trinajstić information content (AvgIpc) is 2.43. The number of thiocarbonyl (C=S) groups is 1. The Kier molecular flexibility index (Phi) is 5.16. The SMILES string of the molecule is FC(F)(F)c1ccc(NC(=S)Nc2cccc(Cl)c2Cl)cc1. The number of rotatable bonds is 2. The summed E-state index contributed by atoms with van der Waals surface area (Å²) in [5.74, 6) is 0. The van der Waals surface area contributed by atoms with E-state index in [-0.39, 0.29) is 5.11 Å². The molecule has 22 heavy (non-hydrogen) atoms. The molecule has 2 nitrogen and oxygen atoms in total. The molecular weight excluding hydrogens is 356 g/mol. The molecule has 0 saturated heterocycles. The van der Waals surface area contributed by atoms with Gasteiger partial charge in [0.2, 0.25) is 0 Å². The van der Waals surface area contributed by atoms with E-state index in [4.69, 9.17) is 35.4 Å². The van der Waals surface area contributed by atoms with Gasteiger partial charge in [0.15, 0.2) is 5.11 Å². The number of alkyl halides is 3. The first-order valence-electron chi connectivity index (χ1n) is 5.96. The predicted octanol–water partition coefficient (Wildman–Crippen LogP) is 5.82. The van der Waals surface area contributed by atoms with Crippen LogP contribution in [0.4, 0.5) is 24.5 Å². The predicted molar refractivity (Wildman–Crippen MR) is 87.7 cm³/mol. The van der Waals surface area contributed by atoms with Gasteiger partial charge in [0.1, 0.15) is 0 Å². The van der Waals surface area contributed by atoms with Crippen LogP contribution in [0.25, 0.3) is 0 Å². The van der Waals surface area contributed by atoms with Crippen LogP contribution in [0.5, 0.6) is 0 Å². The van der Waals surface area contributed by atoms with E-state index in [1.54, 1.807) is 18.2 Å². The van der Waals surface area contributed by atoms with Gasteiger partial charge in [0.05, 0.1) is 21.3 Å². The van der Waals surface area contributed by atoms with Crippen LogP contribution in [0.2, 0.25) is 10.0 Å². The summed E-state index contributed by atoms with van der Waals surface area (Å²) in [5, 5.41) is 6.45. The fourth-order valence-electron chi connectivity index (χ4n) is 1.63. The summed E-state index contributed by atoms with van der Waals surface area (Å²) in [5.41, 5.74) is 0.192. The Morgan fingerprint density at radius 2 is 1.59 bits per heavy atom. The highest BCUT2D eigenvalue weighted by atomic mass is 35.5. The number of benzene rings is 2. The molecule has 0 aliphatic carbocycles. The maximum absolute atomic E-state index is 12.5. The summed E-state index contributed by atoms with van der Waals surface area (Å²) in [6.07, 6.45) is -4.37. The molecule has 0 spiro atoms. The molecule has 2 rings (SSSR count). The van der Waals surface area contributed by atoms with Crippen LogP contribution in [-0.4, -0.2) is 5.11 Å². The van der Waals surface area contributed by atoms with Gasteiger partial charge in [-0.3, -0.25) is 0 Å². The number of nitrogens with one attached hydrogen (secondary N) is 2. The van der Waals surface area contributed by atoms with Gasteiger partial charge in [-0.15, -0.1) is 0 Å². The lowest BCUT2D eigenvalue weighted by Crippen LogP contribution is -2.19. The third-order valence-electron chi connectivity index (χ3n) is 2.67. The quantitative estimate of drug-likeness (QED) is 0.656. The first-order chi connectivity index (χ1) is 10.3. The Bertz CT molecular complexity index is 687. The van der Waals surface area contributed by atoms with Crippen molar-refractivity contribution in [3.05, 3.63) is 58.1 Å². The Morgan fingerprint density at radius 1 is 0.955 bits per heavy atom. The van der Waals surface area contributed by atoms with Gasteiger partial charge in [0, 0.05) is 5.69 Å². The third-order valence-corrected chi connectivity index (χ3v) is 3.69. The minimum atomic E-state index is -4.37. The summed E-state index contributed by atoms with van der Waals surface area (Å²) in [7, 11) is 0. The monoisotopic (exact) mass is 364 g/mol. The van der Waals surface area contributed by atoms with Gasteiger partial charge in [0.25, 0.3) is 0 Å². The second kappa shape index (κ2) is 6.73. The molecule has 116 valence electrons. The summed E-state index contributed by atoms with van der Waals surface area (Å²) >= 11 is 17.0. The minimum absolute atomic E-state index is 0.184. The van der Waals surface area contributed by atoms with E-state index >= 15 is 0 Å². The van der Waals surface area contributed by atoms with Gasteiger partial charge >= 0.3 is 6.18 Å². The Balaban J connectivity index is 2.05. The fraction of sp³-hybridized carbons (Fsp3) is 0.0714. The number of hydrogen-bond acceptors (Lipinski definition) is 1. The minimum Gasteiger partial charge on any atom is -0.332 e. The van der Waals surface area contributed by atoms with Crippen LogP contribution in [0.3, 0.4) is 0 Å². The molecule has 0 bridgehead atoms. The molecular formula is C14H9Cl2F3N2S. The van der Waals surface area contributed by atoms with Crippen molar-refractivity contribution in [1.82, 2.24) is 0 Å². The van der Waals surface area contributed by atoms with E-state index in [1.807, 2.05) is 0 Å². The maximum Gasteiger partial charge on any atom is 0.416 e. The molecule has 0 amide bonds. The second-order valence-electron chi connectivity index (χ2n) is 4.26. The van der Waals surface area contributed by atoms with Crippen molar-refractivity contribution in [3.63, 3.8) is 0 Å². The molecule has 2 N–H and O–H groups in total. The van der Waals surface area contributed by atoms with Crippen molar-refractivity contribution in [1.29, 1.82) is 0 Å². The zero-order valence-corrected chi connectivity index (χ0v) is 13.2. The standard InChI is InChI=1S/C14H9Cl2F3N2S/c15-10-2-1-3-11(12(10)16)21-13(22)20-9-6-4-8(5-7-9)14(17,18)19/h1-7H,(H2,20,21,22). The van der Waals surface area contributed by atoms with E-state index in [0.29, 0.717) is 21.4 Å². The van der Waals surface area contributed by atoms with E-state index in [2.05, 4.69) is 10.6 Å². The zero-order chi connectivity index (χ0) is 16.3. The van der Waals surface area contributed by atoms with Crippen LogP contribution in [0.15, 0.2) is 42.5 Å². The smallest absolute Gasteiger partial charge is 0.332 e. The van der Waals surface area contributed by atoms with Gasteiger partial charge < -0.3 is 10.6 Å². The lowest BCUT2D eigenvalue weighted by molar-refractivity contribution is -0.137. The lowest BCUT2D eigenvalue weighted by atomic mass is 10.2. The fourth-order valence-corrected chi connectivity index (χ4v) is 2.20. The van der Waals surface area contributed by atoms with Gasteiger partial charge in [-0.1, -0.05) is 29.3 Å². The second-order valence-corrected chi connectivity index (χ2v) is 5.45. The van der Waals surface area contributed by atoms with Gasteiger partial charge in [-0.2, -0.15) is 13.2 Å². The molecule has 0 unspecified atom stereocenters. The van der Waals surface area contributed by atoms with Crippen molar-refractivity contribution in [2.75, 3.05) is 10.6 Å². The number of hydrogen-bond donors (Lipinski definition) is 2. The number of halogens is 5. The lowest BCUT2D eigenvalue weighted by Gasteiger charge is -2.13. The summed E-state index contributed by atoms with van der Waals surface area (Å²) < 4.78 is 37.4. The summed E-state index contributed by atoms with van der Waals surface area (Å²) in [4.78, 5) is 0. The molecule has 0 saturated carbocycles. The molecule has 0 aliphatic rings. The first kappa shape index (κ1) is 16.9. The molecule has 0 aliphatic heterocycles. The molecule has 0 radical (unpaired) electrons. The van der Waals surface area contributed by atoms with E-state index in [9.17, 15) is 13.2 Å². The molecule has 0 atom stereocenters. The van der Waals surface area contributed by atoms with Crippen LogP contribution in [-0.2, 0) is 6.18 Å². The number of anilines is 2. The molecule has 2 aromatic rings. The van der Waals surface area contributed by atoms with Crippen LogP contribution >= 0.6 is 35.4 Å². The maximum atomic E-state index is 12.5. The molecule has 0 heterocycles. The normalized spacial score (nSPS) is 11.1. The van der Waals surface area contributed by atoms with Crippen LogP contribution in [0, 0.1) is 0 Å². The van der Waals surface area contributed by atoms with E-state index in [0.717, 1.165) is 12.1 Å². The summed E-state index contributed by atoms with van der Waals surface area (Å²) in [6.45, 7) is 0. The largest absolute Gasteiger partial charge is 0.416 e. The van der Waals surface area contributed by atoms with Gasteiger partial charge in [-0.25, -0.2) is 0 Å². The van der Waals surface area contributed by atoms with E-state index < -0.39 is 11.7 Å². The van der Waals surface area contributed by atoms with Crippen molar-refractivity contribution in [3.8, 4) is 0 Å². The van der Waals surface area contributed by atoms with Crippen molar-refractivity contribution >= 4 is 51.9 Å². The molecule has 8 heteroatoms. The van der Waals surface area contributed by atoms with Gasteiger partial charge in [-0.05, 0) is 48.6 Å². The Hall–Kier alpha value is -1.50. The Labute approximate surface area is 140 Å². The van der Waals surface area contributed by atoms with Crippen molar-refractivity contribution in [2.45, 2.75) is 6.18 Å². The Morgan fingerprint density at radius 3 is 2.18 bits per heavy atom. The third kappa shape index (κ3) is 4.25. The summed E-state index contributed by atoms with van der Waals surface area (Å²) in [6, 6.07) is 9.51. The average molecular weight is 365 g/mol. The zero-order valence-electron chi connectivity index (χ0n) is 10.8. The first-order valence-corrected chi connectivity index (χ1v) is 7.13. The van der Waals surface area contributed by atoms with Crippen LogP contribution in [0.1, 0.15) is 5.56 Å². The van der Waals surface area contributed by atoms with E-state index in [1.165, 1.54) is 12.1 Å². The molecule has 0 aromatic heterocycles. The highest BCUT2D eigenvalue weighted by Gasteiger charge is 2.29. The molecule has 2 aromatic carbocycles. The highest BCUT2D eigenvalue weighted by molar-refractivity contribution is 7.80. The van der Waals surface area contributed by atoms with Crippen LogP contribution < -0.4 is 10.6 Å². The topological polar surface area (TPSA) is 24.1 Å². The van der Waals surface area contributed by atoms with Crippen molar-refractivity contribution < 1.29 is 13.2 Å². The van der Waals surface area contributed by atoms with Crippen molar-refractivity contribution in [2.24, 2.45) is 0 Å². The highest BCUT2D eigenvalue weighted by Crippen LogP contribution is 2.31.